The van der Waals surface area contributed by atoms with E-state index in [4.69, 9.17) is 9.47 Å². The minimum Gasteiger partial charge on any atom is -0.491 e. The predicted molar refractivity (Wildman–Crippen MR) is 136 cm³/mol. The maximum Gasteiger partial charge on any atom is 0.287 e. The maximum atomic E-state index is 16.3. The van der Waals surface area contributed by atoms with Crippen LogP contribution in [0.2, 0.25) is 0 Å². The van der Waals surface area contributed by atoms with Crippen molar-refractivity contribution in [2.75, 3.05) is 39.5 Å². The zero-order valence-electron chi connectivity index (χ0n) is 22.2. The number of hydrogen-bond acceptors (Lipinski definition) is 8. The van der Waals surface area contributed by atoms with Crippen LogP contribution in [-0.4, -0.2) is 86.8 Å². The number of β-amino-alcohol motifs (C(OH)–C–C–N with tert-alkyl or cyclic N) is 1. The van der Waals surface area contributed by atoms with E-state index in [-0.39, 0.29) is 25.9 Å². The van der Waals surface area contributed by atoms with Crippen molar-refractivity contribution in [3.05, 3.63) is 71.6 Å². The van der Waals surface area contributed by atoms with Gasteiger partial charge >= 0.3 is 0 Å². The van der Waals surface area contributed by atoms with Gasteiger partial charge in [-0.05, 0) is 64.9 Å². The van der Waals surface area contributed by atoms with Gasteiger partial charge in [-0.25, -0.2) is 22.2 Å². The maximum absolute atomic E-state index is 16.3. The SMILES string of the molecule is O[C@H](COc1ccc(C23CC(C(F)(F)[C@](O)(Cn4cnnn4)c4ccc(F)cc4F)(C2)C3)cc1)CN1CCOCC1. The van der Waals surface area contributed by atoms with Gasteiger partial charge in [0.1, 0.15) is 36.4 Å². The third-order valence-electron chi connectivity index (χ3n) is 8.86. The van der Waals surface area contributed by atoms with Crippen molar-refractivity contribution in [2.45, 2.75) is 48.8 Å². The summed E-state index contributed by atoms with van der Waals surface area (Å²) < 4.78 is 73.1. The summed E-state index contributed by atoms with van der Waals surface area (Å²) in [7, 11) is 0. The van der Waals surface area contributed by atoms with E-state index in [1.165, 1.54) is 0 Å². The predicted octanol–water partition coefficient (Wildman–Crippen LogP) is 2.67. The fourth-order valence-corrected chi connectivity index (χ4v) is 6.76. The lowest BCUT2D eigenvalue weighted by Gasteiger charge is -2.74. The monoisotopic (exact) mass is 577 g/mol. The van der Waals surface area contributed by atoms with Crippen molar-refractivity contribution in [3.63, 3.8) is 0 Å². The van der Waals surface area contributed by atoms with Crippen molar-refractivity contribution < 1.29 is 37.2 Å². The van der Waals surface area contributed by atoms with Gasteiger partial charge in [-0.3, -0.25) is 4.90 Å². The first kappa shape index (κ1) is 28.0. The number of benzene rings is 2. The van der Waals surface area contributed by atoms with Crippen molar-refractivity contribution in [3.8, 4) is 5.75 Å². The minimum atomic E-state index is -3.79. The summed E-state index contributed by atoms with van der Waals surface area (Å²) >= 11 is 0. The van der Waals surface area contributed by atoms with Crippen LogP contribution in [0.25, 0.3) is 0 Å². The number of tetrazole rings is 1. The number of hydrogen-bond donors (Lipinski definition) is 2. The Bertz CT molecular complexity index is 1350. The molecule has 3 aliphatic carbocycles. The molecular weight excluding hydrogens is 546 g/mol. The van der Waals surface area contributed by atoms with E-state index in [0.717, 1.165) is 41.8 Å². The van der Waals surface area contributed by atoms with Crippen LogP contribution in [0.5, 0.6) is 5.75 Å². The van der Waals surface area contributed by atoms with E-state index in [0.29, 0.717) is 31.6 Å². The lowest BCUT2D eigenvalue weighted by atomic mass is 9.30. The Hall–Kier alpha value is -3.13. The van der Waals surface area contributed by atoms with Gasteiger partial charge in [-0.2, -0.15) is 0 Å². The highest BCUT2D eigenvalue weighted by Gasteiger charge is 2.82. The third-order valence-corrected chi connectivity index (χ3v) is 8.86. The number of morpholine rings is 1. The quantitative estimate of drug-likeness (QED) is 0.336. The number of aliphatic hydroxyl groups excluding tert-OH is 1. The Morgan fingerprint density at radius 3 is 2.39 bits per heavy atom. The van der Waals surface area contributed by atoms with Gasteiger partial charge in [-0.15, -0.1) is 5.10 Å². The molecular formula is C28H31F4N5O4. The average Bonchev–Trinajstić information content (AvgIpc) is 3.40. The molecule has 1 aliphatic heterocycles. The summed E-state index contributed by atoms with van der Waals surface area (Å²) in [6, 6.07) is 9.34. The topological polar surface area (TPSA) is 106 Å². The average molecular weight is 578 g/mol. The van der Waals surface area contributed by atoms with Crippen LogP contribution in [0.4, 0.5) is 17.6 Å². The number of halogens is 4. The molecule has 0 spiro atoms. The Balaban J connectivity index is 1.13. The van der Waals surface area contributed by atoms with Crippen molar-refractivity contribution >= 4 is 0 Å². The summed E-state index contributed by atoms with van der Waals surface area (Å²) in [4.78, 5) is 2.11. The molecule has 1 saturated heterocycles. The molecule has 1 aromatic heterocycles. The largest absolute Gasteiger partial charge is 0.491 e. The number of aromatic nitrogens is 4. The molecule has 0 radical (unpaired) electrons. The van der Waals surface area contributed by atoms with Gasteiger partial charge in [0.15, 0.2) is 5.60 Å². The number of nitrogens with zero attached hydrogens (tertiary/aromatic N) is 5. The summed E-state index contributed by atoms with van der Waals surface area (Å²) in [5, 5.41) is 32.2. The fraction of sp³-hybridized carbons (Fsp3) is 0.536. The normalized spacial score (nSPS) is 26.5. The Morgan fingerprint density at radius 2 is 1.76 bits per heavy atom. The molecule has 2 aromatic carbocycles. The van der Waals surface area contributed by atoms with Crippen LogP contribution in [0.3, 0.4) is 0 Å². The number of ether oxygens (including phenoxy) is 2. The van der Waals surface area contributed by atoms with Crippen molar-refractivity contribution in [1.82, 2.24) is 25.1 Å². The highest BCUT2D eigenvalue weighted by Crippen LogP contribution is 2.80. The number of alkyl halides is 2. The molecule has 4 fully saturated rings. The Labute approximate surface area is 233 Å². The van der Waals surface area contributed by atoms with Gasteiger partial charge in [0.25, 0.3) is 5.92 Å². The summed E-state index contributed by atoms with van der Waals surface area (Å²) in [5.74, 6) is -5.44. The van der Waals surface area contributed by atoms with Gasteiger partial charge in [0.05, 0.1) is 19.8 Å². The van der Waals surface area contributed by atoms with Crippen LogP contribution < -0.4 is 4.74 Å². The van der Waals surface area contributed by atoms with E-state index in [2.05, 4.69) is 20.4 Å². The standard InChI is InChI=1S/C28H31F4N5O4/c29-20-3-6-23(24(30)11-20)27(39,17-37-18-33-34-35-37)28(31,32)26-14-25(15-26,16-26)19-1-4-22(5-2-19)41-13-21(38)12-36-7-9-40-10-8-36/h1-6,11,18,21,38-39H,7-10,12-17H2/t21-,25?,26?,27-/m0/s1. The Kier molecular flexibility index (Phi) is 7.04. The van der Waals surface area contributed by atoms with E-state index < -0.39 is 52.2 Å². The summed E-state index contributed by atoms with van der Waals surface area (Å²) in [5.41, 5.74) is -4.93. The minimum absolute atomic E-state index is 0.0895. The fourth-order valence-electron chi connectivity index (χ4n) is 6.76. The molecule has 0 amide bonds. The van der Waals surface area contributed by atoms with Gasteiger partial charge in [-0.1, -0.05) is 12.1 Å². The first-order valence-electron chi connectivity index (χ1n) is 13.5. The van der Waals surface area contributed by atoms with Crippen LogP contribution in [0, 0.1) is 17.0 Å². The smallest absolute Gasteiger partial charge is 0.287 e. The van der Waals surface area contributed by atoms with Gasteiger partial charge in [0.2, 0.25) is 0 Å². The first-order chi connectivity index (χ1) is 19.6. The van der Waals surface area contributed by atoms with E-state index >= 15 is 8.78 Å². The molecule has 2 bridgehead atoms. The second-order valence-electron chi connectivity index (χ2n) is 11.6. The molecule has 13 heteroatoms. The second kappa shape index (κ2) is 10.3. The lowest BCUT2D eigenvalue weighted by molar-refractivity contribution is -0.347. The molecule has 3 saturated carbocycles. The molecule has 2 atom stereocenters. The summed E-state index contributed by atoms with van der Waals surface area (Å²) in [6.45, 7) is 2.62. The molecule has 4 aliphatic rings. The number of rotatable bonds is 11. The molecule has 3 aromatic rings. The molecule has 9 nitrogen and oxygen atoms in total. The molecule has 7 rings (SSSR count). The Morgan fingerprint density at radius 1 is 1.05 bits per heavy atom. The number of aliphatic hydroxyl groups is 2. The van der Waals surface area contributed by atoms with Crippen molar-refractivity contribution in [1.29, 1.82) is 0 Å². The molecule has 220 valence electrons. The highest BCUT2D eigenvalue weighted by molar-refractivity contribution is 5.44. The van der Waals surface area contributed by atoms with E-state index in [1.807, 2.05) is 12.1 Å². The van der Waals surface area contributed by atoms with Crippen LogP contribution >= 0.6 is 0 Å². The zero-order valence-corrected chi connectivity index (χ0v) is 22.2. The van der Waals surface area contributed by atoms with E-state index in [1.54, 1.807) is 12.1 Å². The summed E-state index contributed by atoms with van der Waals surface area (Å²) in [6.07, 6.45) is 0.660. The van der Waals surface area contributed by atoms with Gasteiger partial charge < -0.3 is 19.7 Å². The van der Waals surface area contributed by atoms with Gasteiger partial charge in [0, 0.05) is 36.7 Å². The second-order valence-corrected chi connectivity index (χ2v) is 11.6. The molecule has 2 heterocycles. The zero-order chi connectivity index (χ0) is 28.9. The molecule has 0 unspecified atom stereocenters. The van der Waals surface area contributed by atoms with Crippen LogP contribution in [-0.2, 0) is 22.3 Å². The lowest BCUT2D eigenvalue weighted by Crippen LogP contribution is -2.76. The molecule has 41 heavy (non-hydrogen) atoms. The molecule has 2 N–H and O–H groups in total. The highest BCUT2D eigenvalue weighted by atomic mass is 19.3. The third kappa shape index (κ3) is 4.78. The van der Waals surface area contributed by atoms with Crippen molar-refractivity contribution in [2.24, 2.45) is 5.41 Å². The van der Waals surface area contributed by atoms with Crippen LogP contribution in [0.15, 0.2) is 48.8 Å². The van der Waals surface area contributed by atoms with Crippen LogP contribution in [0.1, 0.15) is 30.4 Å². The van der Waals surface area contributed by atoms with E-state index in [9.17, 15) is 19.0 Å². The first-order valence-corrected chi connectivity index (χ1v) is 13.5.